The van der Waals surface area contributed by atoms with Crippen molar-refractivity contribution in [2.75, 3.05) is 19.6 Å². The molecule has 3 heterocycles. The number of piperidine rings is 1. The Kier molecular flexibility index (Phi) is 5.15. The van der Waals surface area contributed by atoms with Gasteiger partial charge in [0.2, 0.25) is 10.0 Å². The van der Waals surface area contributed by atoms with Gasteiger partial charge in [0.1, 0.15) is 10.6 Å². The van der Waals surface area contributed by atoms with Crippen LogP contribution in [0.1, 0.15) is 34.7 Å². The molecule has 2 aromatic rings. The van der Waals surface area contributed by atoms with Crippen LogP contribution in [0.2, 0.25) is 0 Å². The number of carbonyl (C=O) groups excluding carboxylic acids is 1. The predicted octanol–water partition coefficient (Wildman–Crippen LogP) is 0.856. The molecule has 0 aromatic carbocycles. The van der Waals surface area contributed by atoms with E-state index in [0.29, 0.717) is 49.5 Å². The van der Waals surface area contributed by atoms with Crippen molar-refractivity contribution in [3.05, 3.63) is 29.4 Å². The molecule has 1 aliphatic heterocycles. The Morgan fingerprint density at radius 2 is 2.04 bits per heavy atom. The summed E-state index contributed by atoms with van der Waals surface area (Å²) in [5.41, 5.74) is 0.902. The summed E-state index contributed by atoms with van der Waals surface area (Å²) in [4.78, 5) is 12.2. The van der Waals surface area contributed by atoms with E-state index in [2.05, 4.69) is 15.6 Å². The zero-order valence-electron chi connectivity index (χ0n) is 15.1. The highest BCUT2D eigenvalue weighted by Gasteiger charge is 2.33. The van der Waals surface area contributed by atoms with Crippen molar-refractivity contribution in [1.29, 1.82) is 0 Å². The quantitative estimate of drug-likeness (QED) is 0.822. The minimum absolute atomic E-state index is 0.163. The van der Waals surface area contributed by atoms with Crippen molar-refractivity contribution in [2.45, 2.75) is 31.6 Å². The fourth-order valence-corrected chi connectivity index (χ4v) is 4.96. The number of amides is 1. The van der Waals surface area contributed by atoms with Crippen molar-refractivity contribution in [1.82, 2.24) is 24.6 Å². The van der Waals surface area contributed by atoms with Crippen LogP contribution in [-0.2, 0) is 17.1 Å². The summed E-state index contributed by atoms with van der Waals surface area (Å²) in [7, 11) is -1.84. The Bertz CT molecular complexity index is 874. The van der Waals surface area contributed by atoms with Crippen LogP contribution in [0.3, 0.4) is 0 Å². The Labute approximate surface area is 152 Å². The summed E-state index contributed by atoms with van der Waals surface area (Å²) in [5.74, 6) is 0.393. The molecule has 0 saturated carbocycles. The fraction of sp³-hybridized carbons (Fsp3) is 0.562. The van der Waals surface area contributed by atoms with Gasteiger partial charge >= 0.3 is 0 Å². The summed E-state index contributed by atoms with van der Waals surface area (Å²) < 4.78 is 33.6. The van der Waals surface area contributed by atoms with Gasteiger partial charge in [-0.15, -0.1) is 0 Å². The minimum atomic E-state index is -3.60. The molecule has 10 heteroatoms. The second-order valence-corrected chi connectivity index (χ2v) is 8.49. The van der Waals surface area contributed by atoms with Gasteiger partial charge in [-0.3, -0.25) is 9.48 Å². The summed E-state index contributed by atoms with van der Waals surface area (Å²) in [5, 5.41) is 10.6. The van der Waals surface area contributed by atoms with Gasteiger partial charge in [-0.05, 0) is 32.6 Å². The summed E-state index contributed by atoms with van der Waals surface area (Å²) in [6, 6.07) is 0. The molecule has 3 rings (SSSR count). The van der Waals surface area contributed by atoms with Gasteiger partial charge in [0.15, 0.2) is 5.76 Å². The van der Waals surface area contributed by atoms with Crippen LogP contribution in [0.15, 0.2) is 21.8 Å². The normalized spacial score (nSPS) is 16.7. The molecule has 0 atom stereocenters. The molecule has 0 bridgehead atoms. The Balaban J connectivity index is 1.55. The molecule has 142 valence electrons. The highest BCUT2D eigenvalue weighted by Crippen LogP contribution is 2.27. The van der Waals surface area contributed by atoms with Gasteiger partial charge in [0.05, 0.1) is 11.8 Å². The van der Waals surface area contributed by atoms with Crippen LogP contribution in [-0.4, -0.2) is 53.2 Å². The molecule has 2 aromatic heterocycles. The van der Waals surface area contributed by atoms with Gasteiger partial charge in [0.25, 0.3) is 5.91 Å². The van der Waals surface area contributed by atoms with Crippen LogP contribution in [0.25, 0.3) is 0 Å². The molecule has 26 heavy (non-hydrogen) atoms. The molecule has 0 spiro atoms. The maximum Gasteiger partial charge on any atom is 0.254 e. The van der Waals surface area contributed by atoms with E-state index in [4.69, 9.17) is 4.52 Å². The Morgan fingerprint density at radius 3 is 2.58 bits per heavy atom. The zero-order chi connectivity index (χ0) is 18.9. The molecule has 1 saturated heterocycles. The van der Waals surface area contributed by atoms with Crippen molar-refractivity contribution in [2.24, 2.45) is 13.0 Å². The number of hydrogen-bond donors (Lipinski definition) is 1. The highest BCUT2D eigenvalue weighted by molar-refractivity contribution is 7.89. The number of hydrogen-bond acceptors (Lipinski definition) is 6. The van der Waals surface area contributed by atoms with Crippen molar-refractivity contribution in [3.8, 4) is 0 Å². The lowest BCUT2D eigenvalue weighted by molar-refractivity contribution is 0.0941. The first-order chi connectivity index (χ1) is 12.3. The average Bonchev–Trinajstić information content (AvgIpc) is 3.19. The second-order valence-electron chi connectivity index (χ2n) is 6.61. The van der Waals surface area contributed by atoms with Gasteiger partial charge in [-0.2, -0.15) is 9.40 Å². The third-order valence-corrected chi connectivity index (χ3v) is 6.80. The number of carbonyl (C=O) groups is 1. The maximum atomic E-state index is 12.8. The molecule has 1 N–H and O–H groups in total. The zero-order valence-corrected chi connectivity index (χ0v) is 15.9. The standard InChI is InChI=1S/C16H23N5O4S/c1-11-15(12(2)25-19-11)26(23,24)21-6-4-13(5-7-21)8-17-16(22)14-9-18-20(3)10-14/h9-10,13H,4-8H2,1-3H3,(H,17,22). The highest BCUT2D eigenvalue weighted by atomic mass is 32.2. The smallest absolute Gasteiger partial charge is 0.254 e. The lowest BCUT2D eigenvalue weighted by atomic mass is 9.98. The lowest BCUT2D eigenvalue weighted by Crippen LogP contribution is -2.41. The number of nitrogens with one attached hydrogen (secondary N) is 1. The fourth-order valence-electron chi connectivity index (χ4n) is 3.20. The third kappa shape index (κ3) is 3.65. The number of nitrogens with zero attached hydrogens (tertiary/aromatic N) is 4. The third-order valence-electron chi connectivity index (χ3n) is 4.66. The first-order valence-corrected chi connectivity index (χ1v) is 9.93. The van der Waals surface area contributed by atoms with E-state index in [1.54, 1.807) is 31.8 Å². The summed E-state index contributed by atoms with van der Waals surface area (Å²) in [6.45, 7) is 4.59. The Hall–Kier alpha value is -2.20. The monoisotopic (exact) mass is 381 g/mol. The predicted molar refractivity (Wildman–Crippen MR) is 93.0 cm³/mol. The maximum absolute atomic E-state index is 12.8. The van der Waals surface area contributed by atoms with E-state index >= 15 is 0 Å². The average molecular weight is 381 g/mol. The molecule has 0 aliphatic carbocycles. The van der Waals surface area contributed by atoms with Crippen LogP contribution < -0.4 is 5.32 Å². The van der Waals surface area contributed by atoms with Crippen LogP contribution >= 0.6 is 0 Å². The van der Waals surface area contributed by atoms with E-state index in [-0.39, 0.29) is 16.7 Å². The van der Waals surface area contributed by atoms with Gasteiger partial charge < -0.3 is 9.84 Å². The summed E-state index contributed by atoms with van der Waals surface area (Å²) in [6.07, 6.45) is 4.56. The number of aromatic nitrogens is 3. The van der Waals surface area contributed by atoms with E-state index in [9.17, 15) is 13.2 Å². The van der Waals surface area contributed by atoms with Crippen LogP contribution in [0, 0.1) is 19.8 Å². The topological polar surface area (TPSA) is 110 Å². The molecular weight excluding hydrogens is 358 g/mol. The molecule has 1 fully saturated rings. The molecule has 9 nitrogen and oxygen atoms in total. The largest absolute Gasteiger partial charge is 0.360 e. The number of rotatable bonds is 5. The van der Waals surface area contributed by atoms with E-state index in [1.807, 2.05) is 0 Å². The second kappa shape index (κ2) is 7.20. The van der Waals surface area contributed by atoms with Gasteiger partial charge in [-0.25, -0.2) is 8.42 Å². The molecule has 0 radical (unpaired) electrons. The van der Waals surface area contributed by atoms with Gasteiger partial charge in [-0.1, -0.05) is 5.16 Å². The molecule has 1 aliphatic rings. The molecule has 1 amide bonds. The van der Waals surface area contributed by atoms with Crippen LogP contribution in [0.5, 0.6) is 0 Å². The first-order valence-electron chi connectivity index (χ1n) is 8.49. The lowest BCUT2D eigenvalue weighted by Gasteiger charge is -2.31. The Morgan fingerprint density at radius 1 is 1.35 bits per heavy atom. The van der Waals surface area contributed by atoms with Crippen molar-refractivity contribution < 1.29 is 17.7 Å². The van der Waals surface area contributed by atoms with Gasteiger partial charge in [0, 0.05) is 32.9 Å². The van der Waals surface area contributed by atoms with E-state index in [1.165, 1.54) is 10.5 Å². The SMILES string of the molecule is Cc1noc(C)c1S(=O)(=O)N1CCC(CNC(=O)c2cnn(C)c2)CC1. The van der Waals surface area contributed by atoms with Crippen molar-refractivity contribution in [3.63, 3.8) is 0 Å². The first kappa shape index (κ1) is 18.6. The van der Waals surface area contributed by atoms with Crippen molar-refractivity contribution >= 4 is 15.9 Å². The molecular formula is C16H23N5O4S. The number of aryl methyl sites for hydroxylation is 3. The number of sulfonamides is 1. The molecule has 0 unspecified atom stereocenters. The minimum Gasteiger partial charge on any atom is -0.360 e. The van der Waals surface area contributed by atoms with E-state index < -0.39 is 10.0 Å². The summed E-state index contributed by atoms with van der Waals surface area (Å²) >= 11 is 0. The van der Waals surface area contributed by atoms with E-state index in [0.717, 1.165) is 0 Å². The van der Waals surface area contributed by atoms with Crippen LogP contribution in [0.4, 0.5) is 0 Å².